The molecule has 1 aromatic carbocycles. The highest BCUT2D eigenvalue weighted by molar-refractivity contribution is 5.36. The first-order valence-corrected chi connectivity index (χ1v) is 5.98. The summed E-state index contributed by atoms with van der Waals surface area (Å²) in [5, 5.41) is 4.27. The van der Waals surface area contributed by atoms with E-state index in [1.54, 1.807) is 0 Å². The first kappa shape index (κ1) is 11.9. The Morgan fingerprint density at radius 3 is 2.71 bits per heavy atom. The lowest BCUT2D eigenvalue weighted by molar-refractivity contribution is 0.600. The normalized spacial score (nSPS) is 12.7. The van der Waals surface area contributed by atoms with Gasteiger partial charge < -0.3 is 5.73 Å². The van der Waals surface area contributed by atoms with E-state index >= 15 is 0 Å². The molecule has 1 aromatic heterocycles. The fourth-order valence-electron chi connectivity index (χ4n) is 2.21. The maximum Gasteiger partial charge on any atom is 0.0725 e. The number of rotatable bonds is 3. The summed E-state index contributed by atoms with van der Waals surface area (Å²) < 4.78 is 1.95. The van der Waals surface area contributed by atoms with Crippen LogP contribution in [0.5, 0.6) is 0 Å². The SMILES string of the molecule is CCn1nccc1C(N)c1ccc(C)cc1C. The molecule has 0 saturated carbocycles. The summed E-state index contributed by atoms with van der Waals surface area (Å²) in [5.41, 5.74) is 11.1. The van der Waals surface area contributed by atoms with Gasteiger partial charge >= 0.3 is 0 Å². The van der Waals surface area contributed by atoms with Crippen LogP contribution in [0.25, 0.3) is 0 Å². The minimum atomic E-state index is -0.0990. The van der Waals surface area contributed by atoms with E-state index in [-0.39, 0.29) is 6.04 Å². The third kappa shape index (κ3) is 2.24. The number of hydrogen-bond donors (Lipinski definition) is 1. The highest BCUT2D eigenvalue weighted by atomic mass is 15.3. The molecule has 2 N–H and O–H groups in total. The van der Waals surface area contributed by atoms with Crippen molar-refractivity contribution in [1.29, 1.82) is 0 Å². The molecule has 3 heteroatoms. The van der Waals surface area contributed by atoms with Gasteiger partial charge in [0.15, 0.2) is 0 Å². The van der Waals surface area contributed by atoms with Gasteiger partial charge in [-0.3, -0.25) is 4.68 Å². The van der Waals surface area contributed by atoms with Gasteiger partial charge in [0.1, 0.15) is 0 Å². The van der Waals surface area contributed by atoms with Gasteiger partial charge in [0.25, 0.3) is 0 Å². The summed E-state index contributed by atoms with van der Waals surface area (Å²) in [4.78, 5) is 0. The lowest BCUT2D eigenvalue weighted by Gasteiger charge is -2.16. The fraction of sp³-hybridized carbons (Fsp3) is 0.357. The summed E-state index contributed by atoms with van der Waals surface area (Å²) in [6.45, 7) is 7.12. The minimum Gasteiger partial charge on any atom is -0.319 e. The van der Waals surface area contributed by atoms with Gasteiger partial charge in [-0.2, -0.15) is 5.10 Å². The van der Waals surface area contributed by atoms with Gasteiger partial charge in [-0.05, 0) is 38.0 Å². The van der Waals surface area contributed by atoms with Gasteiger partial charge in [0.05, 0.1) is 11.7 Å². The Labute approximate surface area is 102 Å². The number of hydrogen-bond acceptors (Lipinski definition) is 2. The molecule has 2 aromatic rings. The van der Waals surface area contributed by atoms with Crippen LogP contribution in [0.15, 0.2) is 30.5 Å². The summed E-state index contributed by atoms with van der Waals surface area (Å²) >= 11 is 0. The Morgan fingerprint density at radius 1 is 1.29 bits per heavy atom. The Kier molecular flexibility index (Phi) is 3.29. The third-order valence-electron chi connectivity index (χ3n) is 3.13. The second-order valence-electron chi connectivity index (χ2n) is 4.41. The predicted molar refractivity (Wildman–Crippen MR) is 69.8 cm³/mol. The van der Waals surface area contributed by atoms with E-state index in [0.717, 1.165) is 12.2 Å². The molecule has 1 atom stereocenters. The molecular weight excluding hydrogens is 210 g/mol. The lowest BCUT2D eigenvalue weighted by atomic mass is 9.98. The van der Waals surface area contributed by atoms with Crippen LogP contribution < -0.4 is 5.73 Å². The van der Waals surface area contributed by atoms with Crippen molar-refractivity contribution in [2.75, 3.05) is 0 Å². The first-order valence-electron chi connectivity index (χ1n) is 5.98. The Balaban J connectivity index is 2.40. The molecule has 0 radical (unpaired) electrons. The molecule has 0 bridgehead atoms. The van der Waals surface area contributed by atoms with Crippen LogP contribution in [0, 0.1) is 13.8 Å². The molecule has 90 valence electrons. The predicted octanol–water partition coefficient (Wildman–Crippen LogP) is 2.57. The number of aromatic nitrogens is 2. The maximum atomic E-state index is 6.33. The van der Waals surface area contributed by atoms with Crippen LogP contribution in [-0.4, -0.2) is 9.78 Å². The van der Waals surface area contributed by atoms with E-state index in [2.05, 4.69) is 44.1 Å². The molecule has 17 heavy (non-hydrogen) atoms. The zero-order valence-corrected chi connectivity index (χ0v) is 10.6. The van der Waals surface area contributed by atoms with Crippen LogP contribution in [0.2, 0.25) is 0 Å². The van der Waals surface area contributed by atoms with Crippen LogP contribution in [0.3, 0.4) is 0 Å². The molecule has 0 spiro atoms. The maximum absolute atomic E-state index is 6.33. The van der Waals surface area contributed by atoms with Crippen LogP contribution >= 0.6 is 0 Å². The molecule has 1 unspecified atom stereocenters. The van der Waals surface area contributed by atoms with Crippen molar-refractivity contribution in [2.45, 2.75) is 33.4 Å². The fourth-order valence-corrected chi connectivity index (χ4v) is 2.21. The summed E-state index contributed by atoms with van der Waals surface area (Å²) in [6.07, 6.45) is 1.81. The molecule has 0 fully saturated rings. The van der Waals surface area contributed by atoms with Crippen molar-refractivity contribution in [2.24, 2.45) is 5.73 Å². The Morgan fingerprint density at radius 2 is 2.06 bits per heavy atom. The molecule has 1 heterocycles. The molecular formula is C14H19N3. The number of nitrogens with zero attached hydrogens (tertiary/aromatic N) is 2. The van der Waals surface area contributed by atoms with Gasteiger partial charge in [0.2, 0.25) is 0 Å². The zero-order valence-electron chi connectivity index (χ0n) is 10.6. The lowest BCUT2D eigenvalue weighted by Crippen LogP contribution is -2.18. The van der Waals surface area contributed by atoms with Crippen LogP contribution in [-0.2, 0) is 6.54 Å². The van der Waals surface area contributed by atoms with Gasteiger partial charge in [-0.25, -0.2) is 0 Å². The molecule has 0 aliphatic carbocycles. The average molecular weight is 229 g/mol. The summed E-state index contributed by atoms with van der Waals surface area (Å²) in [7, 11) is 0. The second kappa shape index (κ2) is 4.72. The standard InChI is InChI=1S/C14H19N3/c1-4-17-13(7-8-16-17)14(15)12-6-5-10(2)9-11(12)3/h5-9,14H,4,15H2,1-3H3. The zero-order chi connectivity index (χ0) is 12.4. The summed E-state index contributed by atoms with van der Waals surface area (Å²) in [5.74, 6) is 0. The number of aryl methyl sites for hydroxylation is 3. The van der Waals surface area contributed by atoms with Crippen LogP contribution in [0.4, 0.5) is 0 Å². The number of benzene rings is 1. The Bertz CT molecular complexity index is 514. The van der Waals surface area contributed by atoms with E-state index in [0.29, 0.717) is 0 Å². The van der Waals surface area contributed by atoms with Gasteiger partial charge in [-0.1, -0.05) is 23.8 Å². The highest BCUT2D eigenvalue weighted by Crippen LogP contribution is 2.23. The van der Waals surface area contributed by atoms with Gasteiger partial charge in [0, 0.05) is 12.7 Å². The van der Waals surface area contributed by atoms with Crippen molar-refractivity contribution in [3.8, 4) is 0 Å². The molecule has 2 rings (SSSR count). The van der Waals surface area contributed by atoms with Crippen molar-refractivity contribution in [3.05, 3.63) is 52.8 Å². The van der Waals surface area contributed by atoms with Crippen molar-refractivity contribution in [1.82, 2.24) is 9.78 Å². The largest absolute Gasteiger partial charge is 0.319 e. The molecule has 0 saturated heterocycles. The quantitative estimate of drug-likeness (QED) is 0.879. The monoisotopic (exact) mass is 229 g/mol. The van der Waals surface area contributed by atoms with E-state index in [4.69, 9.17) is 5.73 Å². The van der Waals surface area contributed by atoms with E-state index < -0.39 is 0 Å². The molecule has 3 nitrogen and oxygen atoms in total. The van der Waals surface area contributed by atoms with Crippen molar-refractivity contribution < 1.29 is 0 Å². The van der Waals surface area contributed by atoms with Crippen LogP contribution in [0.1, 0.15) is 35.3 Å². The second-order valence-corrected chi connectivity index (χ2v) is 4.41. The third-order valence-corrected chi connectivity index (χ3v) is 3.13. The van der Waals surface area contributed by atoms with E-state index in [1.165, 1.54) is 16.7 Å². The first-order chi connectivity index (χ1) is 8.13. The van der Waals surface area contributed by atoms with Crippen molar-refractivity contribution in [3.63, 3.8) is 0 Å². The Hall–Kier alpha value is -1.61. The topological polar surface area (TPSA) is 43.8 Å². The summed E-state index contributed by atoms with van der Waals surface area (Å²) in [6, 6.07) is 8.28. The number of nitrogens with two attached hydrogens (primary N) is 1. The molecule has 0 aliphatic heterocycles. The van der Waals surface area contributed by atoms with E-state index in [9.17, 15) is 0 Å². The van der Waals surface area contributed by atoms with Crippen molar-refractivity contribution >= 4 is 0 Å². The van der Waals surface area contributed by atoms with E-state index in [1.807, 2.05) is 16.9 Å². The minimum absolute atomic E-state index is 0.0990. The van der Waals surface area contributed by atoms with Gasteiger partial charge in [-0.15, -0.1) is 0 Å². The molecule has 0 amide bonds. The average Bonchev–Trinajstić information content (AvgIpc) is 2.76. The highest BCUT2D eigenvalue weighted by Gasteiger charge is 2.15. The smallest absolute Gasteiger partial charge is 0.0725 e. The molecule has 0 aliphatic rings.